The van der Waals surface area contributed by atoms with Gasteiger partial charge in [0.25, 0.3) is 11.8 Å². The largest absolute Gasteiger partial charge is 0.481 e. The molecule has 2 aromatic carbocycles. The zero-order chi connectivity index (χ0) is 27.7. The molecule has 2 aromatic rings. The Morgan fingerprint density at radius 3 is 1.46 bits per heavy atom. The number of hydrogen-bond donors (Lipinski definition) is 1. The fourth-order valence-electron chi connectivity index (χ4n) is 3.93. The Hall–Kier alpha value is -3.48. The minimum Gasteiger partial charge on any atom is -0.481 e. The molecule has 1 fully saturated rings. The van der Waals surface area contributed by atoms with Gasteiger partial charge in [0.15, 0.2) is 0 Å². The maximum Gasteiger partial charge on any atom is 0.340 e. The van der Waals surface area contributed by atoms with Crippen LogP contribution in [0.3, 0.4) is 0 Å². The van der Waals surface area contributed by atoms with Crippen molar-refractivity contribution in [3.05, 3.63) is 70.8 Å². The van der Waals surface area contributed by atoms with Crippen LogP contribution in [0.15, 0.2) is 48.5 Å². The van der Waals surface area contributed by atoms with E-state index < -0.39 is 35.6 Å². The molecule has 2 atom stereocenters. The minimum atomic E-state index is -0.772. The number of amides is 2. The molecule has 1 aliphatic rings. The van der Waals surface area contributed by atoms with Gasteiger partial charge in [0.05, 0.1) is 11.8 Å². The third-order valence-corrected chi connectivity index (χ3v) is 6.16. The van der Waals surface area contributed by atoms with Gasteiger partial charge >= 0.3 is 11.9 Å². The lowest BCUT2D eigenvalue weighted by molar-refractivity contribution is -0.198. The fraction of sp³-hybridized carbons (Fsp3) is 0.467. The minimum absolute atomic E-state index is 0.102. The van der Waals surface area contributed by atoms with Crippen molar-refractivity contribution in [3.63, 3.8) is 0 Å². The van der Waals surface area contributed by atoms with Gasteiger partial charge in [0.2, 0.25) is 0 Å². The molecule has 2 amide bonds. The monoisotopic (exact) mass is 509 g/mol. The van der Waals surface area contributed by atoms with Gasteiger partial charge in [-0.2, -0.15) is 0 Å². The number of aliphatic carboxylic acids is 1. The van der Waals surface area contributed by atoms with Crippen LogP contribution in [0.5, 0.6) is 0 Å². The van der Waals surface area contributed by atoms with Crippen molar-refractivity contribution in [2.24, 2.45) is 11.8 Å². The average Bonchev–Trinajstić information content (AvgIpc) is 3.15. The van der Waals surface area contributed by atoms with Gasteiger partial charge in [0, 0.05) is 12.8 Å². The maximum atomic E-state index is 12.1. The highest BCUT2D eigenvalue weighted by molar-refractivity contribution is 6.01. The number of carbonyl (C=O) groups excluding carboxylic acids is 3. The Morgan fingerprint density at radius 2 is 1.11 bits per heavy atom. The molecule has 1 saturated heterocycles. The quantitative estimate of drug-likeness (QED) is 0.437. The number of carboxylic acids is 1. The van der Waals surface area contributed by atoms with Crippen molar-refractivity contribution in [1.29, 1.82) is 0 Å². The van der Waals surface area contributed by atoms with Crippen LogP contribution in [0.1, 0.15) is 88.5 Å². The van der Waals surface area contributed by atoms with Crippen LogP contribution in [0, 0.1) is 11.8 Å². The first-order valence-corrected chi connectivity index (χ1v) is 12.9. The van der Waals surface area contributed by atoms with Crippen LogP contribution in [-0.4, -0.2) is 33.9 Å². The summed E-state index contributed by atoms with van der Waals surface area (Å²) in [5.74, 6) is -2.04. The molecule has 0 saturated carbocycles. The van der Waals surface area contributed by atoms with Crippen molar-refractivity contribution in [2.75, 3.05) is 0 Å². The molecular weight excluding hydrogens is 470 g/mol. The summed E-state index contributed by atoms with van der Waals surface area (Å²) in [6.07, 6.45) is 2.23. The average molecular weight is 510 g/mol. The first kappa shape index (κ1) is 29.7. The second-order valence-electron chi connectivity index (χ2n) is 10.5. The molecule has 0 bridgehead atoms. The van der Waals surface area contributed by atoms with Crippen molar-refractivity contribution >= 4 is 23.8 Å². The van der Waals surface area contributed by atoms with Gasteiger partial charge in [-0.3, -0.25) is 14.4 Å². The van der Waals surface area contributed by atoms with E-state index in [0.29, 0.717) is 16.9 Å². The molecule has 7 heteroatoms. The highest BCUT2D eigenvalue weighted by atomic mass is 16.7. The van der Waals surface area contributed by atoms with Crippen molar-refractivity contribution < 1.29 is 29.1 Å². The summed E-state index contributed by atoms with van der Waals surface area (Å²) < 4.78 is 0. The topological polar surface area (TPSA) is 101 Å². The van der Waals surface area contributed by atoms with E-state index >= 15 is 0 Å². The Kier molecular flexibility index (Phi) is 11.0. The highest BCUT2D eigenvalue weighted by Crippen LogP contribution is 2.21. The lowest BCUT2D eigenvalue weighted by Gasteiger charge is -2.16. The fourth-order valence-corrected chi connectivity index (χ4v) is 3.93. The van der Waals surface area contributed by atoms with E-state index in [-0.39, 0.29) is 12.8 Å². The molecule has 0 aromatic heterocycles. The van der Waals surface area contributed by atoms with Crippen molar-refractivity contribution in [2.45, 2.75) is 79.1 Å². The molecule has 0 spiro atoms. The third kappa shape index (κ3) is 9.16. The van der Waals surface area contributed by atoms with Crippen LogP contribution < -0.4 is 0 Å². The van der Waals surface area contributed by atoms with E-state index in [1.54, 1.807) is 13.8 Å². The molecule has 0 radical (unpaired) electrons. The van der Waals surface area contributed by atoms with Crippen LogP contribution in [0.2, 0.25) is 0 Å². The lowest BCUT2D eigenvalue weighted by atomic mass is 9.97. The van der Waals surface area contributed by atoms with Crippen LogP contribution in [-0.2, 0) is 36.9 Å². The van der Waals surface area contributed by atoms with Crippen LogP contribution >= 0.6 is 0 Å². The summed E-state index contributed by atoms with van der Waals surface area (Å²) >= 11 is 0. The molecule has 1 heterocycles. The summed E-state index contributed by atoms with van der Waals surface area (Å²) in [6, 6.07) is 15.6. The predicted molar refractivity (Wildman–Crippen MR) is 142 cm³/mol. The number of hydrogen-bond acceptors (Lipinski definition) is 5. The van der Waals surface area contributed by atoms with E-state index in [9.17, 15) is 19.2 Å². The number of carboxylic acid groups (broad SMARTS) is 1. The maximum absolute atomic E-state index is 12.1. The molecule has 37 heavy (non-hydrogen) atoms. The standard InChI is InChI=1S/C17H21NO4.C13H18O2/c1-11(2)10-13-4-6-14(7-5-13)12(3)17(21)22-18-15(19)8-9-16(18)20;1-9(2)8-11-4-6-12(7-5-11)10(3)13(14)15/h4-7,11-12H,8-10H2,1-3H3;4-7,9-10H,8H2,1-3H3,(H,14,15). The zero-order valence-electron chi connectivity index (χ0n) is 22.7. The molecule has 3 rings (SSSR count). The lowest BCUT2D eigenvalue weighted by Crippen LogP contribution is -2.33. The first-order valence-electron chi connectivity index (χ1n) is 12.9. The van der Waals surface area contributed by atoms with E-state index in [1.165, 1.54) is 11.1 Å². The first-order chi connectivity index (χ1) is 17.4. The predicted octanol–water partition coefficient (Wildman–Crippen LogP) is 5.67. The number of carbonyl (C=O) groups is 4. The highest BCUT2D eigenvalue weighted by Gasteiger charge is 2.34. The summed E-state index contributed by atoms with van der Waals surface area (Å²) in [5.41, 5.74) is 4.15. The third-order valence-electron chi connectivity index (χ3n) is 6.16. The molecule has 1 N–H and O–H groups in total. The van der Waals surface area contributed by atoms with Crippen molar-refractivity contribution in [1.82, 2.24) is 5.06 Å². The van der Waals surface area contributed by atoms with Gasteiger partial charge in [-0.25, -0.2) is 4.79 Å². The normalized spacial score (nSPS) is 14.9. The van der Waals surface area contributed by atoms with Crippen LogP contribution in [0.25, 0.3) is 0 Å². The van der Waals surface area contributed by atoms with E-state index in [4.69, 9.17) is 9.94 Å². The summed E-state index contributed by atoms with van der Waals surface area (Å²) in [5, 5.41) is 9.44. The number of benzene rings is 2. The molecule has 0 aliphatic carbocycles. The SMILES string of the molecule is CC(C)Cc1ccc(C(C)C(=O)O)cc1.CC(C)Cc1ccc(C(C)C(=O)ON2C(=O)CCC2=O)cc1. The second kappa shape index (κ2) is 13.7. The molecule has 2 unspecified atom stereocenters. The van der Waals surface area contributed by atoms with Crippen molar-refractivity contribution in [3.8, 4) is 0 Å². The number of nitrogens with zero attached hydrogens (tertiary/aromatic N) is 1. The molecular formula is C30H39NO6. The Balaban J connectivity index is 0.000000281. The molecule has 1 aliphatic heterocycles. The molecule has 200 valence electrons. The molecule has 7 nitrogen and oxygen atoms in total. The summed E-state index contributed by atoms with van der Waals surface area (Å²) in [6.45, 7) is 12.1. The summed E-state index contributed by atoms with van der Waals surface area (Å²) in [4.78, 5) is 50.7. The number of hydroxylamine groups is 2. The van der Waals surface area contributed by atoms with E-state index in [2.05, 4.69) is 27.7 Å². The summed E-state index contributed by atoms with van der Waals surface area (Å²) in [7, 11) is 0. The Morgan fingerprint density at radius 1 is 0.730 bits per heavy atom. The number of rotatable bonds is 9. The second-order valence-corrected chi connectivity index (χ2v) is 10.5. The zero-order valence-corrected chi connectivity index (χ0v) is 22.7. The smallest absolute Gasteiger partial charge is 0.340 e. The van der Waals surface area contributed by atoms with Gasteiger partial charge in [-0.1, -0.05) is 76.2 Å². The van der Waals surface area contributed by atoms with E-state index in [0.717, 1.165) is 24.0 Å². The van der Waals surface area contributed by atoms with Gasteiger partial charge < -0.3 is 9.94 Å². The Bertz CT molecular complexity index is 1060. The van der Waals surface area contributed by atoms with Crippen LogP contribution in [0.4, 0.5) is 0 Å². The van der Waals surface area contributed by atoms with Gasteiger partial charge in [0.1, 0.15) is 0 Å². The Labute approximate surface area is 219 Å². The van der Waals surface area contributed by atoms with Gasteiger partial charge in [-0.15, -0.1) is 5.06 Å². The van der Waals surface area contributed by atoms with Gasteiger partial charge in [-0.05, 0) is 60.8 Å². The van der Waals surface area contributed by atoms with E-state index in [1.807, 2.05) is 48.5 Å². The number of imide groups is 1.